The summed E-state index contributed by atoms with van der Waals surface area (Å²) in [7, 11) is 0. The van der Waals surface area contributed by atoms with Crippen LogP contribution >= 0.6 is 0 Å². The predicted molar refractivity (Wildman–Crippen MR) is 77.4 cm³/mol. The van der Waals surface area contributed by atoms with Crippen molar-refractivity contribution >= 4 is 11.0 Å². The number of benzene rings is 1. The van der Waals surface area contributed by atoms with Gasteiger partial charge in [0.2, 0.25) is 0 Å². The van der Waals surface area contributed by atoms with Crippen molar-refractivity contribution in [1.82, 2.24) is 15.3 Å². The minimum atomic E-state index is 0.709. The number of fused-ring (bicyclic) bond motifs is 1. The van der Waals surface area contributed by atoms with Crippen LogP contribution in [0, 0.1) is 5.92 Å². The highest BCUT2D eigenvalue weighted by Crippen LogP contribution is 2.39. The SMILES string of the molecule is c1cc2nc(C3CC3)[nH]c2cc1CC1CCNCC1. The first-order valence-electron chi connectivity index (χ1n) is 7.58. The number of aromatic amines is 1. The summed E-state index contributed by atoms with van der Waals surface area (Å²) in [5.41, 5.74) is 3.83. The van der Waals surface area contributed by atoms with Gasteiger partial charge < -0.3 is 10.3 Å². The van der Waals surface area contributed by atoms with Gasteiger partial charge in [0, 0.05) is 5.92 Å². The lowest BCUT2D eigenvalue weighted by Crippen LogP contribution is -2.28. The lowest BCUT2D eigenvalue weighted by Gasteiger charge is -2.22. The Morgan fingerprint density at radius 3 is 2.74 bits per heavy atom. The van der Waals surface area contributed by atoms with E-state index in [1.807, 2.05) is 0 Å². The van der Waals surface area contributed by atoms with Gasteiger partial charge in [-0.25, -0.2) is 4.98 Å². The molecule has 1 aromatic carbocycles. The number of rotatable bonds is 3. The largest absolute Gasteiger partial charge is 0.342 e. The molecule has 0 bridgehead atoms. The van der Waals surface area contributed by atoms with Crippen LogP contribution in [0.1, 0.15) is 43.0 Å². The summed E-state index contributed by atoms with van der Waals surface area (Å²) in [6, 6.07) is 6.77. The predicted octanol–water partition coefficient (Wildman–Crippen LogP) is 2.98. The summed E-state index contributed by atoms with van der Waals surface area (Å²) in [4.78, 5) is 8.21. The van der Waals surface area contributed by atoms with Gasteiger partial charge in [0.05, 0.1) is 11.0 Å². The highest BCUT2D eigenvalue weighted by atomic mass is 14.9. The number of imidazole rings is 1. The van der Waals surface area contributed by atoms with Crippen LogP contribution in [0.15, 0.2) is 18.2 Å². The molecule has 100 valence electrons. The average molecular weight is 255 g/mol. The molecule has 4 rings (SSSR count). The Balaban J connectivity index is 1.56. The second kappa shape index (κ2) is 4.64. The zero-order valence-electron chi connectivity index (χ0n) is 11.3. The van der Waals surface area contributed by atoms with Gasteiger partial charge in [0.1, 0.15) is 5.82 Å². The maximum Gasteiger partial charge on any atom is 0.110 e. The Morgan fingerprint density at radius 1 is 1.11 bits per heavy atom. The molecule has 1 saturated heterocycles. The monoisotopic (exact) mass is 255 g/mol. The van der Waals surface area contributed by atoms with Crippen molar-refractivity contribution < 1.29 is 0 Å². The summed E-state index contributed by atoms with van der Waals surface area (Å²) < 4.78 is 0. The molecule has 3 nitrogen and oxygen atoms in total. The molecule has 0 spiro atoms. The van der Waals surface area contributed by atoms with Gasteiger partial charge in [-0.15, -0.1) is 0 Å². The van der Waals surface area contributed by atoms with Crippen LogP contribution in [0.5, 0.6) is 0 Å². The van der Waals surface area contributed by atoms with Crippen molar-refractivity contribution in [2.75, 3.05) is 13.1 Å². The number of nitrogens with zero attached hydrogens (tertiary/aromatic N) is 1. The first-order valence-corrected chi connectivity index (χ1v) is 7.58. The molecule has 2 N–H and O–H groups in total. The third-order valence-electron chi connectivity index (χ3n) is 4.51. The summed E-state index contributed by atoms with van der Waals surface area (Å²) >= 11 is 0. The summed E-state index contributed by atoms with van der Waals surface area (Å²) in [6.45, 7) is 2.37. The number of nitrogens with one attached hydrogen (secondary N) is 2. The molecule has 1 aromatic heterocycles. The number of hydrogen-bond donors (Lipinski definition) is 2. The molecule has 2 aromatic rings. The zero-order valence-corrected chi connectivity index (χ0v) is 11.3. The molecule has 0 radical (unpaired) electrons. The molecule has 2 heterocycles. The van der Waals surface area contributed by atoms with E-state index in [9.17, 15) is 0 Å². The second-order valence-corrected chi connectivity index (χ2v) is 6.15. The number of hydrogen-bond acceptors (Lipinski definition) is 2. The van der Waals surface area contributed by atoms with Gasteiger partial charge in [-0.1, -0.05) is 6.07 Å². The van der Waals surface area contributed by atoms with Crippen molar-refractivity contribution in [2.45, 2.75) is 38.0 Å². The lowest BCUT2D eigenvalue weighted by atomic mass is 9.91. The molecule has 19 heavy (non-hydrogen) atoms. The Hall–Kier alpha value is -1.35. The third-order valence-corrected chi connectivity index (χ3v) is 4.51. The van der Waals surface area contributed by atoms with E-state index in [0.29, 0.717) is 5.92 Å². The van der Waals surface area contributed by atoms with Crippen molar-refractivity contribution in [3.8, 4) is 0 Å². The van der Waals surface area contributed by atoms with E-state index in [4.69, 9.17) is 4.98 Å². The van der Waals surface area contributed by atoms with Gasteiger partial charge in [-0.3, -0.25) is 0 Å². The Labute approximate surface area is 113 Å². The van der Waals surface area contributed by atoms with Crippen molar-refractivity contribution in [2.24, 2.45) is 5.92 Å². The van der Waals surface area contributed by atoms with Gasteiger partial charge in [-0.2, -0.15) is 0 Å². The Bertz CT molecular complexity index is 577. The van der Waals surface area contributed by atoms with E-state index in [1.54, 1.807) is 0 Å². The average Bonchev–Trinajstić information content (AvgIpc) is 3.20. The van der Waals surface area contributed by atoms with Crippen LogP contribution in [0.25, 0.3) is 11.0 Å². The van der Waals surface area contributed by atoms with Crippen molar-refractivity contribution in [3.05, 3.63) is 29.6 Å². The standard InChI is InChI=1S/C16H21N3/c1-4-14-15(19-16(18-14)13-2-3-13)10-12(1)9-11-5-7-17-8-6-11/h1,4,10-11,13,17H,2-3,5-9H2,(H,18,19). The van der Waals surface area contributed by atoms with E-state index in [2.05, 4.69) is 28.5 Å². The third kappa shape index (κ3) is 2.39. The first kappa shape index (κ1) is 11.5. The van der Waals surface area contributed by atoms with Crippen LogP contribution in [-0.2, 0) is 6.42 Å². The molecule has 2 aliphatic rings. The maximum atomic E-state index is 4.70. The zero-order chi connectivity index (χ0) is 12.7. The number of H-pyrrole nitrogens is 1. The number of piperidine rings is 1. The molecular weight excluding hydrogens is 234 g/mol. The van der Waals surface area contributed by atoms with Gasteiger partial charge in [0.15, 0.2) is 0 Å². The summed E-state index contributed by atoms with van der Waals surface area (Å²) in [5.74, 6) is 2.76. The molecule has 0 atom stereocenters. The molecule has 1 aliphatic heterocycles. The van der Waals surface area contributed by atoms with E-state index in [-0.39, 0.29) is 0 Å². The minimum absolute atomic E-state index is 0.709. The van der Waals surface area contributed by atoms with E-state index >= 15 is 0 Å². The minimum Gasteiger partial charge on any atom is -0.342 e. The Morgan fingerprint density at radius 2 is 1.95 bits per heavy atom. The van der Waals surface area contributed by atoms with Gasteiger partial charge in [0.25, 0.3) is 0 Å². The first-order chi connectivity index (χ1) is 9.38. The highest BCUT2D eigenvalue weighted by molar-refractivity contribution is 5.76. The van der Waals surface area contributed by atoms with Crippen LogP contribution in [-0.4, -0.2) is 23.1 Å². The molecule has 0 amide bonds. The number of aromatic nitrogens is 2. The topological polar surface area (TPSA) is 40.7 Å². The normalized spacial score (nSPS) is 21.1. The summed E-state index contributed by atoms with van der Waals surface area (Å²) in [6.07, 6.45) is 6.46. The molecule has 2 fully saturated rings. The fraction of sp³-hybridized carbons (Fsp3) is 0.562. The fourth-order valence-electron chi connectivity index (χ4n) is 3.17. The van der Waals surface area contributed by atoms with Crippen LogP contribution in [0.2, 0.25) is 0 Å². The van der Waals surface area contributed by atoms with Crippen LogP contribution in [0.3, 0.4) is 0 Å². The van der Waals surface area contributed by atoms with Crippen LogP contribution < -0.4 is 5.32 Å². The van der Waals surface area contributed by atoms with Gasteiger partial charge >= 0.3 is 0 Å². The Kier molecular flexibility index (Phi) is 2.80. The van der Waals surface area contributed by atoms with E-state index in [0.717, 1.165) is 11.4 Å². The smallest absolute Gasteiger partial charge is 0.110 e. The van der Waals surface area contributed by atoms with E-state index < -0.39 is 0 Å². The van der Waals surface area contributed by atoms with Crippen molar-refractivity contribution in [3.63, 3.8) is 0 Å². The molecule has 1 aliphatic carbocycles. The molecular formula is C16H21N3. The highest BCUT2D eigenvalue weighted by Gasteiger charge is 2.26. The quantitative estimate of drug-likeness (QED) is 0.885. The lowest BCUT2D eigenvalue weighted by molar-refractivity contribution is 0.373. The van der Waals surface area contributed by atoms with Gasteiger partial charge in [-0.05, 0) is 68.8 Å². The van der Waals surface area contributed by atoms with Crippen LogP contribution in [0.4, 0.5) is 0 Å². The van der Waals surface area contributed by atoms with Crippen molar-refractivity contribution in [1.29, 1.82) is 0 Å². The molecule has 3 heteroatoms. The summed E-state index contributed by atoms with van der Waals surface area (Å²) in [5, 5.41) is 3.44. The maximum absolute atomic E-state index is 4.70. The second-order valence-electron chi connectivity index (χ2n) is 6.15. The molecule has 0 unspecified atom stereocenters. The van der Waals surface area contributed by atoms with E-state index in [1.165, 1.54) is 62.1 Å². The fourth-order valence-corrected chi connectivity index (χ4v) is 3.17. The molecule has 1 saturated carbocycles.